The molecule has 0 N–H and O–H groups in total. The Hall–Kier alpha value is -1.47. The van der Waals surface area contributed by atoms with Gasteiger partial charge in [-0.3, -0.25) is 0 Å². The van der Waals surface area contributed by atoms with Crippen molar-refractivity contribution in [3.05, 3.63) is 35.2 Å². The molecule has 0 aliphatic heterocycles. The minimum atomic E-state index is -4.37. The van der Waals surface area contributed by atoms with Crippen LogP contribution in [0.25, 0.3) is 6.08 Å². The Morgan fingerprint density at radius 2 is 2.06 bits per heavy atom. The van der Waals surface area contributed by atoms with E-state index in [0.717, 1.165) is 6.08 Å². The largest absolute Gasteiger partial charge is 0.497 e. The molecule has 0 fully saturated rings. The fraction of sp³-hybridized carbons (Fsp3) is 0.200. The standard InChI is InChI=1S/C10H10F2O4S/c1-15-9-4-2-3-8(7-9)5-6-17(13,14)16-10(11)12/h2-7,10H,1H3. The molecule has 0 saturated carbocycles. The summed E-state index contributed by atoms with van der Waals surface area (Å²) in [5, 5.41) is 0.563. The van der Waals surface area contributed by atoms with E-state index in [1.807, 2.05) is 0 Å². The lowest BCUT2D eigenvalue weighted by Crippen LogP contribution is -2.06. The maximum Gasteiger partial charge on any atom is 0.359 e. The molecule has 0 amide bonds. The number of benzene rings is 1. The molecule has 1 aromatic carbocycles. The number of rotatable bonds is 5. The quantitative estimate of drug-likeness (QED) is 0.765. The Morgan fingerprint density at radius 3 is 2.65 bits per heavy atom. The first-order valence-corrected chi connectivity index (χ1v) is 5.93. The van der Waals surface area contributed by atoms with Crippen LogP contribution >= 0.6 is 0 Å². The van der Waals surface area contributed by atoms with Gasteiger partial charge in [0.25, 0.3) is 10.1 Å². The summed E-state index contributed by atoms with van der Waals surface area (Å²) in [5.41, 5.74) is 0.491. The van der Waals surface area contributed by atoms with Gasteiger partial charge in [0.2, 0.25) is 0 Å². The summed E-state index contributed by atoms with van der Waals surface area (Å²) < 4.78 is 53.7. The van der Waals surface area contributed by atoms with Gasteiger partial charge in [-0.05, 0) is 23.8 Å². The lowest BCUT2D eigenvalue weighted by atomic mass is 10.2. The Bertz CT molecular complexity index is 497. The van der Waals surface area contributed by atoms with Crippen LogP contribution in [0.1, 0.15) is 5.56 Å². The lowest BCUT2D eigenvalue weighted by Gasteiger charge is -2.01. The van der Waals surface area contributed by atoms with E-state index >= 15 is 0 Å². The summed E-state index contributed by atoms with van der Waals surface area (Å²) in [6, 6.07) is 6.45. The van der Waals surface area contributed by atoms with Gasteiger partial charge < -0.3 is 4.74 Å². The number of methoxy groups -OCH3 is 1. The second-order valence-corrected chi connectivity index (χ2v) is 4.38. The summed E-state index contributed by atoms with van der Waals surface area (Å²) in [6.45, 7) is -3.37. The molecular weight excluding hydrogens is 254 g/mol. The van der Waals surface area contributed by atoms with Crippen molar-refractivity contribution in [1.82, 2.24) is 0 Å². The number of halogens is 2. The van der Waals surface area contributed by atoms with E-state index < -0.39 is 16.7 Å². The SMILES string of the molecule is COc1cccc(C=CS(=O)(=O)OC(F)F)c1. The monoisotopic (exact) mass is 264 g/mol. The highest BCUT2D eigenvalue weighted by molar-refractivity contribution is 7.89. The van der Waals surface area contributed by atoms with Crippen LogP contribution in [0.3, 0.4) is 0 Å². The highest BCUT2D eigenvalue weighted by Crippen LogP contribution is 2.15. The predicted octanol–water partition coefficient (Wildman–Crippen LogP) is 2.23. The van der Waals surface area contributed by atoms with E-state index in [4.69, 9.17) is 4.74 Å². The molecule has 1 rings (SSSR count). The average Bonchev–Trinajstić information content (AvgIpc) is 2.25. The van der Waals surface area contributed by atoms with Crippen molar-refractivity contribution in [1.29, 1.82) is 0 Å². The van der Waals surface area contributed by atoms with Gasteiger partial charge in [0.15, 0.2) is 0 Å². The van der Waals surface area contributed by atoms with Crippen molar-refractivity contribution in [3.8, 4) is 5.75 Å². The average molecular weight is 264 g/mol. The van der Waals surface area contributed by atoms with Gasteiger partial charge in [0.05, 0.1) is 12.5 Å². The molecular formula is C10H10F2O4S. The van der Waals surface area contributed by atoms with Crippen LogP contribution < -0.4 is 4.74 Å². The third-order valence-corrected chi connectivity index (χ3v) is 2.61. The molecule has 0 aliphatic carbocycles. The Labute approximate surface area is 97.6 Å². The fourth-order valence-electron chi connectivity index (χ4n) is 1.04. The third-order valence-electron chi connectivity index (χ3n) is 1.73. The Kier molecular flexibility index (Phi) is 4.59. The maximum absolute atomic E-state index is 11.7. The highest BCUT2D eigenvalue weighted by atomic mass is 32.2. The van der Waals surface area contributed by atoms with Crippen LogP contribution in [0.4, 0.5) is 8.78 Å². The molecule has 0 spiro atoms. The van der Waals surface area contributed by atoms with Gasteiger partial charge >= 0.3 is 6.61 Å². The predicted molar refractivity (Wildman–Crippen MR) is 58.0 cm³/mol. The van der Waals surface area contributed by atoms with Crippen molar-refractivity contribution < 1.29 is 26.1 Å². The molecule has 0 unspecified atom stereocenters. The van der Waals surface area contributed by atoms with Gasteiger partial charge in [-0.25, -0.2) is 0 Å². The van der Waals surface area contributed by atoms with Crippen LogP contribution in [-0.4, -0.2) is 22.1 Å². The minimum absolute atomic E-state index is 0.491. The lowest BCUT2D eigenvalue weighted by molar-refractivity contribution is -0.0432. The van der Waals surface area contributed by atoms with Gasteiger partial charge in [-0.1, -0.05) is 12.1 Å². The molecule has 0 heterocycles. The van der Waals surface area contributed by atoms with Crippen LogP contribution in [0.15, 0.2) is 29.7 Å². The molecule has 0 aromatic heterocycles. The molecule has 0 radical (unpaired) electrons. The molecule has 7 heteroatoms. The summed E-state index contributed by atoms with van der Waals surface area (Å²) in [4.78, 5) is 0. The van der Waals surface area contributed by atoms with E-state index in [9.17, 15) is 17.2 Å². The molecule has 17 heavy (non-hydrogen) atoms. The maximum atomic E-state index is 11.7. The number of ether oxygens (including phenoxy) is 1. The molecule has 0 aliphatic rings. The highest BCUT2D eigenvalue weighted by Gasteiger charge is 2.13. The van der Waals surface area contributed by atoms with Crippen LogP contribution in [0, 0.1) is 0 Å². The van der Waals surface area contributed by atoms with Crippen molar-refractivity contribution in [2.24, 2.45) is 0 Å². The first-order valence-electron chi connectivity index (χ1n) is 4.46. The van der Waals surface area contributed by atoms with Crippen molar-refractivity contribution in [3.63, 3.8) is 0 Å². The second kappa shape index (κ2) is 5.74. The van der Waals surface area contributed by atoms with E-state index in [0.29, 0.717) is 16.7 Å². The first kappa shape index (κ1) is 13.6. The van der Waals surface area contributed by atoms with E-state index in [1.54, 1.807) is 24.3 Å². The molecule has 0 atom stereocenters. The zero-order valence-corrected chi connectivity index (χ0v) is 9.66. The molecule has 0 bridgehead atoms. The third kappa shape index (κ3) is 4.92. The minimum Gasteiger partial charge on any atom is -0.497 e. The van der Waals surface area contributed by atoms with E-state index in [1.165, 1.54) is 7.11 Å². The van der Waals surface area contributed by atoms with Gasteiger partial charge in [0, 0.05) is 0 Å². The Balaban J connectivity index is 2.83. The summed E-state index contributed by atoms with van der Waals surface area (Å²) in [5.74, 6) is 0.527. The zero-order valence-electron chi connectivity index (χ0n) is 8.84. The van der Waals surface area contributed by atoms with Gasteiger partial charge in [-0.15, -0.1) is 0 Å². The summed E-state index contributed by atoms with van der Waals surface area (Å²) in [7, 11) is -2.91. The van der Waals surface area contributed by atoms with Crippen LogP contribution in [0.2, 0.25) is 0 Å². The van der Waals surface area contributed by atoms with Gasteiger partial charge in [-0.2, -0.15) is 21.4 Å². The molecule has 4 nitrogen and oxygen atoms in total. The van der Waals surface area contributed by atoms with E-state index in [-0.39, 0.29) is 0 Å². The van der Waals surface area contributed by atoms with Crippen LogP contribution in [0.5, 0.6) is 5.75 Å². The zero-order chi connectivity index (χ0) is 12.9. The fourth-order valence-corrected chi connectivity index (χ4v) is 1.63. The molecule has 0 saturated heterocycles. The normalized spacial score (nSPS) is 12.2. The molecule has 1 aromatic rings. The van der Waals surface area contributed by atoms with Crippen molar-refractivity contribution in [2.45, 2.75) is 6.61 Å². The second-order valence-electron chi connectivity index (χ2n) is 2.93. The number of hydrogen-bond donors (Lipinski definition) is 0. The van der Waals surface area contributed by atoms with E-state index in [2.05, 4.69) is 4.18 Å². The van der Waals surface area contributed by atoms with Crippen molar-refractivity contribution in [2.75, 3.05) is 7.11 Å². The topological polar surface area (TPSA) is 52.6 Å². The number of alkyl halides is 2. The summed E-state index contributed by atoms with van der Waals surface area (Å²) in [6.07, 6.45) is 1.14. The van der Waals surface area contributed by atoms with Crippen LogP contribution in [-0.2, 0) is 14.3 Å². The summed E-state index contributed by atoms with van der Waals surface area (Å²) >= 11 is 0. The Morgan fingerprint density at radius 1 is 1.35 bits per heavy atom. The molecule has 94 valence electrons. The first-order chi connectivity index (χ1) is 7.93. The smallest absolute Gasteiger partial charge is 0.359 e. The number of hydrogen-bond acceptors (Lipinski definition) is 4. The van der Waals surface area contributed by atoms with Crippen molar-refractivity contribution >= 4 is 16.2 Å². The van der Waals surface area contributed by atoms with Gasteiger partial charge in [0.1, 0.15) is 5.75 Å².